The molecular formula is C16H20N2O2S. The normalized spacial score (nSPS) is 20.7. The number of hydrogen-bond acceptors (Lipinski definition) is 4. The Morgan fingerprint density at radius 1 is 1.19 bits per heavy atom. The van der Waals surface area contributed by atoms with Gasteiger partial charge in [-0.1, -0.05) is 25.3 Å². The number of nitrogens with zero attached hydrogens (tertiary/aromatic N) is 1. The molecule has 4 nitrogen and oxygen atoms in total. The van der Waals surface area contributed by atoms with Gasteiger partial charge in [0.2, 0.25) is 0 Å². The van der Waals surface area contributed by atoms with Gasteiger partial charge in [0.1, 0.15) is 0 Å². The van der Waals surface area contributed by atoms with Gasteiger partial charge in [0.25, 0.3) is 11.8 Å². The van der Waals surface area contributed by atoms with Crippen LogP contribution in [0.5, 0.6) is 0 Å². The van der Waals surface area contributed by atoms with E-state index in [9.17, 15) is 9.59 Å². The Morgan fingerprint density at radius 2 is 1.90 bits per heavy atom. The highest BCUT2D eigenvalue weighted by Gasteiger charge is 2.42. The number of thioether (sulfide) groups is 1. The second-order valence-electron chi connectivity index (χ2n) is 5.91. The van der Waals surface area contributed by atoms with E-state index in [1.54, 1.807) is 30.0 Å². The molecule has 1 aromatic rings. The van der Waals surface area contributed by atoms with Crippen LogP contribution in [0.15, 0.2) is 18.2 Å². The van der Waals surface area contributed by atoms with Crippen molar-refractivity contribution in [2.24, 2.45) is 0 Å². The van der Waals surface area contributed by atoms with E-state index in [2.05, 4.69) is 6.26 Å². The van der Waals surface area contributed by atoms with Gasteiger partial charge in [-0.25, -0.2) is 0 Å². The lowest BCUT2D eigenvalue weighted by Crippen LogP contribution is -2.44. The zero-order valence-electron chi connectivity index (χ0n) is 12.2. The Labute approximate surface area is 129 Å². The molecule has 0 radical (unpaired) electrons. The summed E-state index contributed by atoms with van der Waals surface area (Å²) >= 11 is 1.79. The largest absolute Gasteiger partial charge is 0.398 e. The van der Waals surface area contributed by atoms with Crippen molar-refractivity contribution < 1.29 is 9.59 Å². The van der Waals surface area contributed by atoms with Crippen LogP contribution < -0.4 is 5.73 Å². The van der Waals surface area contributed by atoms with Crippen LogP contribution in [0.25, 0.3) is 0 Å². The first-order valence-electron chi connectivity index (χ1n) is 7.38. The molecule has 1 aromatic carbocycles. The van der Waals surface area contributed by atoms with Crippen molar-refractivity contribution in [3.05, 3.63) is 29.3 Å². The summed E-state index contributed by atoms with van der Waals surface area (Å²) in [6.45, 7) is 0.500. The molecule has 112 valence electrons. The molecule has 1 fully saturated rings. The third-order valence-corrected chi connectivity index (χ3v) is 6.08. The number of imide groups is 1. The molecule has 5 heteroatoms. The molecule has 1 aliphatic carbocycles. The van der Waals surface area contributed by atoms with Gasteiger partial charge in [-0.3, -0.25) is 14.5 Å². The molecule has 1 saturated carbocycles. The van der Waals surface area contributed by atoms with Crippen LogP contribution in [0.1, 0.15) is 52.8 Å². The summed E-state index contributed by atoms with van der Waals surface area (Å²) < 4.78 is 0.0143. The highest BCUT2D eigenvalue weighted by molar-refractivity contribution is 8.00. The number of amides is 2. The van der Waals surface area contributed by atoms with Crippen LogP contribution in [-0.2, 0) is 0 Å². The molecule has 0 atom stereocenters. The Hall–Kier alpha value is -1.49. The second-order valence-corrected chi connectivity index (χ2v) is 7.19. The number of anilines is 1. The van der Waals surface area contributed by atoms with Gasteiger partial charge in [-0.05, 0) is 31.2 Å². The van der Waals surface area contributed by atoms with Gasteiger partial charge in [0.15, 0.2) is 0 Å². The molecule has 0 unspecified atom stereocenters. The molecule has 2 amide bonds. The maximum atomic E-state index is 12.6. The number of nitrogen functional groups attached to an aromatic ring is 1. The van der Waals surface area contributed by atoms with Crippen molar-refractivity contribution in [1.82, 2.24) is 4.90 Å². The Kier molecular flexibility index (Phi) is 3.69. The van der Waals surface area contributed by atoms with E-state index in [1.165, 1.54) is 24.2 Å². The van der Waals surface area contributed by atoms with E-state index in [-0.39, 0.29) is 16.6 Å². The van der Waals surface area contributed by atoms with E-state index in [0.717, 1.165) is 12.8 Å². The third-order valence-electron chi connectivity index (χ3n) is 4.68. The predicted octanol–water partition coefficient (Wildman–Crippen LogP) is 2.93. The standard InChI is InChI=1S/C16H20N2O2S/c1-21-16(8-3-2-4-9-16)10-18-14(19)11-6-5-7-12(17)13(11)15(18)20/h5-7H,2-4,8-10,17H2,1H3. The molecule has 2 N–H and O–H groups in total. The topological polar surface area (TPSA) is 63.4 Å². The first-order chi connectivity index (χ1) is 10.1. The summed E-state index contributed by atoms with van der Waals surface area (Å²) in [5.74, 6) is -0.423. The molecule has 1 aliphatic heterocycles. The lowest BCUT2D eigenvalue weighted by atomic mass is 9.88. The van der Waals surface area contributed by atoms with E-state index >= 15 is 0 Å². The minimum Gasteiger partial charge on any atom is -0.398 e. The van der Waals surface area contributed by atoms with Gasteiger partial charge < -0.3 is 5.73 Å². The Bertz CT molecular complexity index is 594. The fourth-order valence-electron chi connectivity index (χ4n) is 3.41. The average molecular weight is 304 g/mol. The fraction of sp³-hybridized carbons (Fsp3) is 0.500. The first kappa shape index (κ1) is 14.4. The first-order valence-corrected chi connectivity index (χ1v) is 8.60. The number of fused-ring (bicyclic) bond motifs is 1. The summed E-state index contributed by atoms with van der Waals surface area (Å²) in [7, 11) is 0. The minimum atomic E-state index is -0.230. The number of carbonyl (C=O) groups excluding carboxylic acids is 2. The lowest BCUT2D eigenvalue weighted by molar-refractivity contribution is 0.0629. The van der Waals surface area contributed by atoms with E-state index in [4.69, 9.17) is 5.73 Å². The Balaban J connectivity index is 1.89. The number of benzene rings is 1. The maximum absolute atomic E-state index is 12.6. The third kappa shape index (κ3) is 2.33. The summed E-state index contributed by atoms with van der Waals surface area (Å²) in [5, 5.41) is 0. The summed E-state index contributed by atoms with van der Waals surface area (Å²) in [4.78, 5) is 26.5. The van der Waals surface area contributed by atoms with Crippen LogP contribution in [0.3, 0.4) is 0 Å². The van der Waals surface area contributed by atoms with Gasteiger partial charge in [0.05, 0.1) is 11.1 Å². The molecule has 3 rings (SSSR count). The number of rotatable bonds is 3. The van der Waals surface area contributed by atoms with Crippen molar-refractivity contribution in [3.63, 3.8) is 0 Å². The van der Waals surface area contributed by atoms with Crippen LogP contribution in [0.4, 0.5) is 5.69 Å². The van der Waals surface area contributed by atoms with Crippen LogP contribution >= 0.6 is 11.8 Å². The van der Waals surface area contributed by atoms with Gasteiger partial charge in [-0.15, -0.1) is 0 Å². The van der Waals surface area contributed by atoms with Crippen LogP contribution in [-0.4, -0.2) is 34.3 Å². The molecule has 0 saturated heterocycles. The molecule has 0 spiro atoms. The molecule has 0 aromatic heterocycles. The monoisotopic (exact) mass is 304 g/mol. The SMILES string of the molecule is CSC1(CN2C(=O)c3cccc(N)c3C2=O)CCCCC1. The average Bonchev–Trinajstić information content (AvgIpc) is 2.74. The number of nitrogens with two attached hydrogens (primary N) is 1. The molecule has 21 heavy (non-hydrogen) atoms. The zero-order chi connectivity index (χ0) is 15.0. The second kappa shape index (κ2) is 5.37. The van der Waals surface area contributed by atoms with Gasteiger partial charge in [0, 0.05) is 17.0 Å². The lowest BCUT2D eigenvalue weighted by Gasteiger charge is -2.38. The van der Waals surface area contributed by atoms with E-state index < -0.39 is 0 Å². The fourth-order valence-corrected chi connectivity index (χ4v) is 4.37. The summed E-state index contributed by atoms with van der Waals surface area (Å²) in [6, 6.07) is 5.10. The number of hydrogen-bond donors (Lipinski definition) is 1. The van der Waals surface area contributed by atoms with E-state index in [1.807, 2.05) is 0 Å². The van der Waals surface area contributed by atoms with Crippen molar-refractivity contribution in [3.8, 4) is 0 Å². The van der Waals surface area contributed by atoms with Gasteiger partial charge in [-0.2, -0.15) is 11.8 Å². The van der Waals surface area contributed by atoms with Crippen molar-refractivity contribution in [1.29, 1.82) is 0 Å². The molecular weight excluding hydrogens is 284 g/mol. The molecule has 2 aliphatic rings. The molecule has 1 heterocycles. The van der Waals surface area contributed by atoms with Gasteiger partial charge >= 0.3 is 0 Å². The Morgan fingerprint density at radius 3 is 2.52 bits per heavy atom. The van der Waals surface area contributed by atoms with Crippen LogP contribution in [0.2, 0.25) is 0 Å². The summed E-state index contributed by atoms with van der Waals surface area (Å²) in [6.07, 6.45) is 7.81. The highest BCUT2D eigenvalue weighted by Crippen LogP contribution is 2.41. The minimum absolute atomic E-state index is 0.0143. The maximum Gasteiger partial charge on any atom is 0.263 e. The number of carbonyl (C=O) groups is 2. The van der Waals surface area contributed by atoms with Crippen molar-refractivity contribution in [2.45, 2.75) is 36.9 Å². The van der Waals surface area contributed by atoms with Crippen molar-refractivity contribution in [2.75, 3.05) is 18.5 Å². The van der Waals surface area contributed by atoms with Crippen molar-refractivity contribution >= 4 is 29.3 Å². The highest BCUT2D eigenvalue weighted by atomic mass is 32.2. The van der Waals surface area contributed by atoms with E-state index in [0.29, 0.717) is 23.4 Å². The quantitative estimate of drug-likeness (QED) is 0.689. The molecule has 0 bridgehead atoms. The zero-order valence-corrected chi connectivity index (χ0v) is 13.0. The summed E-state index contributed by atoms with van der Waals surface area (Å²) in [5.41, 5.74) is 7.11. The van der Waals surface area contributed by atoms with Crippen LogP contribution in [0, 0.1) is 0 Å². The predicted molar refractivity (Wildman–Crippen MR) is 85.6 cm³/mol. The smallest absolute Gasteiger partial charge is 0.263 e.